The second-order valence-electron chi connectivity index (χ2n) is 25.4. The van der Waals surface area contributed by atoms with E-state index in [1.165, 1.54) is 120 Å². The Morgan fingerprint density at radius 1 is 0.153 bits per heavy atom. The zero-order valence-electron chi connectivity index (χ0n) is 54.6. The zero-order chi connectivity index (χ0) is 65.5. The van der Waals surface area contributed by atoms with Gasteiger partial charge in [-0.15, -0.1) is 0 Å². The standard InChI is InChI=1S/2C47H34N2/c1-48(47-32-37-14-4-5-17-40(37)43-20-8-9-21-44(43)47)38-28-24-33(25-29-38)34-26-30-39(31-27-34)49(45-22-10-15-35-12-2-6-18-41(35)45)46-23-11-16-36-13-3-7-19-42(36)46;1-48(43-29-24-39-30-37-12-2-3-13-38(37)31-40(39)32-43)41-25-20-33(21-26-41)34-22-27-42(28-23-34)49(46-18-8-14-35-10-4-6-16-44(35)46)47-19-9-15-36-11-5-7-17-45(36)47/h2*2-32H,1H3. The molecule has 98 heavy (non-hydrogen) atoms. The molecular formula is C94H68N4. The zero-order valence-corrected chi connectivity index (χ0v) is 54.6. The number of hydrogen-bond donors (Lipinski definition) is 0. The molecule has 4 nitrogen and oxygen atoms in total. The van der Waals surface area contributed by atoms with Gasteiger partial charge in [0.1, 0.15) is 0 Å². The number of rotatable bonds is 12. The highest BCUT2D eigenvalue weighted by atomic mass is 15.2. The summed E-state index contributed by atoms with van der Waals surface area (Å²) in [6.07, 6.45) is 0. The molecule has 4 heteroatoms. The highest BCUT2D eigenvalue weighted by Crippen LogP contribution is 2.46. The molecule has 0 spiro atoms. The van der Waals surface area contributed by atoms with Gasteiger partial charge < -0.3 is 19.6 Å². The van der Waals surface area contributed by atoms with Crippen LogP contribution < -0.4 is 19.6 Å². The maximum absolute atomic E-state index is 2.40. The SMILES string of the molecule is CN(c1ccc(-c2ccc(N(c3cccc4ccccc34)c3cccc4ccccc34)cc2)cc1)c1cc2ccccc2c2ccccc12.CN(c1ccc(-c2ccc(N(c3cccc4ccccc34)c3cccc4ccccc34)cc2)cc1)c1ccc2cc3ccccc3cc2c1. The Labute approximate surface area is 571 Å². The van der Waals surface area contributed by atoms with E-state index in [2.05, 4.69) is 410 Å². The van der Waals surface area contributed by atoms with E-state index >= 15 is 0 Å². The summed E-state index contributed by atoms with van der Waals surface area (Å²) < 4.78 is 0. The Bertz CT molecular complexity index is 5800. The fourth-order valence-corrected chi connectivity index (χ4v) is 14.5. The van der Waals surface area contributed by atoms with Crippen LogP contribution in [0.4, 0.5) is 56.9 Å². The summed E-state index contributed by atoms with van der Waals surface area (Å²) >= 11 is 0. The van der Waals surface area contributed by atoms with E-state index in [9.17, 15) is 0 Å². The van der Waals surface area contributed by atoms with Gasteiger partial charge in [0.25, 0.3) is 0 Å². The number of fused-ring (bicyclic) bond motifs is 9. The van der Waals surface area contributed by atoms with E-state index in [1.807, 2.05) is 0 Å². The lowest BCUT2D eigenvalue weighted by atomic mass is 9.99. The fourth-order valence-electron chi connectivity index (χ4n) is 14.5. The van der Waals surface area contributed by atoms with Crippen molar-refractivity contribution in [3.8, 4) is 22.3 Å². The summed E-state index contributed by atoms with van der Waals surface area (Å²) in [7, 11) is 4.30. The Kier molecular flexibility index (Phi) is 15.4. The van der Waals surface area contributed by atoms with Crippen LogP contribution in [0.5, 0.6) is 0 Å². The van der Waals surface area contributed by atoms with Crippen molar-refractivity contribution in [2.45, 2.75) is 0 Å². The van der Waals surface area contributed by atoms with Gasteiger partial charge in [-0.3, -0.25) is 0 Å². The molecular weight excluding hydrogens is 1190 g/mol. The van der Waals surface area contributed by atoms with E-state index in [4.69, 9.17) is 0 Å². The molecule has 0 aliphatic carbocycles. The number of anilines is 10. The predicted octanol–water partition coefficient (Wildman–Crippen LogP) is 26.4. The Hall–Kier alpha value is -12.8. The van der Waals surface area contributed by atoms with Crippen molar-refractivity contribution < 1.29 is 0 Å². The Morgan fingerprint density at radius 3 is 0.847 bits per heavy atom. The van der Waals surface area contributed by atoms with Crippen LogP contribution in [0.3, 0.4) is 0 Å². The van der Waals surface area contributed by atoms with Gasteiger partial charge in [-0.25, -0.2) is 0 Å². The van der Waals surface area contributed by atoms with Gasteiger partial charge in [-0.1, -0.05) is 273 Å². The number of benzene rings is 18. The van der Waals surface area contributed by atoms with E-state index in [0.29, 0.717) is 0 Å². The van der Waals surface area contributed by atoms with Crippen LogP contribution >= 0.6 is 0 Å². The molecule has 0 unspecified atom stereocenters. The summed E-state index contributed by atoms with van der Waals surface area (Å²) in [4.78, 5) is 9.36. The van der Waals surface area contributed by atoms with Gasteiger partial charge >= 0.3 is 0 Å². The molecule has 0 aliphatic rings. The first kappa shape index (κ1) is 59.0. The maximum Gasteiger partial charge on any atom is 0.0540 e. The second-order valence-corrected chi connectivity index (χ2v) is 25.4. The number of hydrogen-bond acceptors (Lipinski definition) is 4. The minimum Gasteiger partial charge on any atom is -0.345 e. The molecule has 0 saturated heterocycles. The first-order valence-electron chi connectivity index (χ1n) is 33.7. The smallest absolute Gasteiger partial charge is 0.0540 e. The van der Waals surface area contributed by atoms with Crippen LogP contribution in [0.15, 0.2) is 376 Å². The highest BCUT2D eigenvalue weighted by molar-refractivity contribution is 6.14. The quantitative estimate of drug-likeness (QED) is 0.0893. The lowest BCUT2D eigenvalue weighted by Gasteiger charge is -2.28. The summed E-state index contributed by atoms with van der Waals surface area (Å²) in [5.41, 5.74) is 16.3. The normalized spacial score (nSPS) is 11.4. The maximum atomic E-state index is 2.40. The van der Waals surface area contributed by atoms with Crippen LogP contribution in [0.25, 0.3) is 108 Å². The molecule has 18 rings (SSSR count). The average molecular weight is 1250 g/mol. The predicted molar refractivity (Wildman–Crippen MR) is 422 cm³/mol. The van der Waals surface area contributed by atoms with Crippen molar-refractivity contribution in [2.24, 2.45) is 0 Å². The lowest BCUT2D eigenvalue weighted by Crippen LogP contribution is -2.11. The molecule has 0 bridgehead atoms. The van der Waals surface area contributed by atoms with E-state index in [1.54, 1.807) is 0 Å². The topological polar surface area (TPSA) is 13.0 Å². The molecule has 0 radical (unpaired) electrons. The van der Waals surface area contributed by atoms with Crippen molar-refractivity contribution >= 4 is 143 Å². The summed E-state index contributed by atoms with van der Waals surface area (Å²) in [6.45, 7) is 0. The van der Waals surface area contributed by atoms with Gasteiger partial charge in [0, 0.05) is 75.2 Å². The minimum absolute atomic E-state index is 1.12. The van der Waals surface area contributed by atoms with Crippen molar-refractivity contribution in [1.82, 2.24) is 0 Å². The largest absolute Gasteiger partial charge is 0.345 e. The van der Waals surface area contributed by atoms with Crippen LogP contribution in [0.1, 0.15) is 0 Å². The fraction of sp³-hybridized carbons (Fsp3) is 0.0213. The van der Waals surface area contributed by atoms with Gasteiger partial charge in [-0.2, -0.15) is 0 Å². The Morgan fingerprint density at radius 2 is 0.439 bits per heavy atom. The van der Waals surface area contributed by atoms with E-state index < -0.39 is 0 Å². The van der Waals surface area contributed by atoms with Crippen molar-refractivity contribution in [2.75, 3.05) is 33.7 Å². The molecule has 0 aromatic heterocycles. The monoisotopic (exact) mass is 1250 g/mol. The highest BCUT2D eigenvalue weighted by Gasteiger charge is 2.21. The molecule has 464 valence electrons. The van der Waals surface area contributed by atoms with Crippen LogP contribution in [-0.4, -0.2) is 14.1 Å². The van der Waals surface area contributed by atoms with Crippen LogP contribution in [0.2, 0.25) is 0 Å². The molecule has 0 amide bonds. The average Bonchev–Trinajstić information content (AvgIpc) is 0.777. The lowest BCUT2D eigenvalue weighted by molar-refractivity contribution is 1.21. The third-order valence-electron chi connectivity index (χ3n) is 19.6. The first-order valence-corrected chi connectivity index (χ1v) is 33.7. The van der Waals surface area contributed by atoms with Crippen LogP contribution in [0, 0.1) is 0 Å². The van der Waals surface area contributed by atoms with Gasteiger partial charge in [0.15, 0.2) is 0 Å². The van der Waals surface area contributed by atoms with Crippen molar-refractivity contribution in [1.29, 1.82) is 0 Å². The molecule has 18 aromatic rings. The van der Waals surface area contributed by atoms with E-state index in [-0.39, 0.29) is 0 Å². The van der Waals surface area contributed by atoms with Gasteiger partial charge in [-0.05, 0) is 185 Å². The third-order valence-corrected chi connectivity index (χ3v) is 19.6. The minimum atomic E-state index is 1.12. The Balaban J connectivity index is 0.000000147. The third kappa shape index (κ3) is 11.1. The molecule has 18 aromatic carbocycles. The summed E-state index contributed by atoms with van der Waals surface area (Å²) in [5.74, 6) is 0. The van der Waals surface area contributed by atoms with Crippen molar-refractivity contribution in [3.63, 3.8) is 0 Å². The molecule has 0 aliphatic heterocycles. The molecule has 0 atom stereocenters. The molecule has 0 N–H and O–H groups in total. The van der Waals surface area contributed by atoms with Gasteiger partial charge in [0.2, 0.25) is 0 Å². The second kappa shape index (κ2) is 25.5. The molecule has 0 fully saturated rings. The molecule has 0 saturated carbocycles. The number of nitrogens with zero attached hydrogens (tertiary/aromatic N) is 4. The first-order chi connectivity index (χ1) is 48.4. The molecule has 0 heterocycles. The summed E-state index contributed by atoms with van der Waals surface area (Å²) in [5, 5.41) is 19.9. The summed E-state index contributed by atoms with van der Waals surface area (Å²) in [6, 6.07) is 136. The van der Waals surface area contributed by atoms with E-state index in [0.717, 1.165) is 45.5 Å². The van der Waals surface area contributed by atoms with Crippen LogP contribution in [-0.2, 0) is 0 Å². The van der Waals surface area contributed by atoms with Crippen molar-refractivity contribution in [3.05, 3.63) is 376 Å². The van der Waals surface area contributed by atoms with Gasteiger partial charge in [0.05, 0.1) is 22.7 Å².